The third-order valence-corrected chi connectivity index (χ3v) is 5.36. The van der Waals surface area contributed by atoms with E-state index in [1.165, 1.54) is 6.33 Å². The highest BCUT2D eigenvalue weighted by molar-refractivity contribution is 5.93. The number of carbonyl (C=O) groups is 1. The van der Waals surface area contributed by atoms with Gasteiger partial charge in [0.1, 0.15) is 12.1 Å². The fraction of sp³-hybridized carbons (Fsp3) is 0.348. The number of ether oxygens (including phenoxy) is 1. The Morgan fingerprint density at radius 3 is 2.41 bits per heavy atom. The molecule has 2 heterocycles. The first-order valence-corrected chi connectivity index (χ1v) is 9.99. The van der Waals surface area contributed by atoms with Crippen molar-refractivity contribution in [2.45, 2.75) is 38.8 Å². The van der Waals surface area contributed by atoms with Crippen molar-refractivity contribution in [3.8, 4) is 5.75 Å². The Bertz CT molecular complexity index is 966. The molecule has 0 aliphatic carbocycles. The quantitative estimate of drug-likeness (QED) is 0.648. The first-order valence-electron chi connectivity index (χ1n) is 9.99. The lowest BCUT2D eigenvalue weighted by Gasteiger charge is -2.39. The van der Waals surface area contributed by atoms with Crippen LogP contribution in [0.15, 0.2) is 60.9 Å². The number of hydrogen-bond donors (Lipinski definition) is 0. The van der Waals surface area contributed by atoms with Crippen LogP contribution in [0.5, 0.6) is 5.75 Å². The van der Waals surface area contributed by atoms with Gasteiger partial charge in [-0.2, -0.15) is 10.1 Å². The van der Waals surface area contributed by atoms with Gasteiger partial charge in [-0.3, -0.25) is 9.69 Å². The monoisotopic (exact) mass is 390 g/mol. The van der Waals surface area contributed by atoms with Gasteiger partial charge in [-0.25, -0.2) is 4.68 Å². The third kappa shape index (κ3) is 3.75. The second kappa shape index (κ2) is 8.07. The molecule has 0 N–H and O–H groups in total. The zero-order chi connectivity index (χ0) is 20.4. The highest BCUT2D eigenvalue weighted by Gasteiger charge is 2.39. The molecule has 0 unspecified atom stereocenters. The number of carbonyl (C=O) groups excluding carboxylic acids is 1. The van der Waals surface area contributed by atoms with Gasteiger partial charge in [-0.1, -0.05) is 56.3 Å². The molecule has 29 heavy (non-hydrogen) atoms. The fourth-order valence-corrected chi connectivity index (χ4v) is 3.99. The minimum absolute atomic E-state index is 0.0175. The van der Waals surface area contributed by atoms with E-state index < -0.39 is 0 Å². The third-order valence-electron chi connectivity index (χ3n) is 5.36. The van der Waals surface area contributed by atoms with Gasteiger partial charge in [0.25, 0.3) is 0 Å². The van der Waals surface area contributed by atoms with Gasteiger partial charge in [-0.05, 0) is 35.6 Å². The number of methoxy groups -OCH3 is 1. The molecule has 4 rings (SSSR count). The van der Waals surface area contributed by atoms with Gasteiger partial charge in [0.15, 0.2) is 0 Å². The zero-order valence-electron chi connectivity index (χ0n) is 17.0. The Hall–Kier alpha value is -3.15. The summed E-state index contributed by atoms with van der Waals surface area (Å²) >= 11 is 0. The maximum Gasteiger partial charge on any atom is 0.231 e. The Morgan fingerprint density at radius 1 is 1.07 bits per heavy atom. The first-order chi connectivity index (χ1) is 14.1. The number of anilines is 1. The fourth-order valence-electron chi connectivity index (χ4n) is 3.99. The van der Waals surface area contributed by atoms with E-state index >= 15 is 0 Å². The molecule has 6 heteroatoms. The second-order valence-electron chi connectivity index (χ2n) is 7.82. The molecular formula is C23H26N4O2. The summed E-state index contributed by atoms with van der Waals surface area (Å²) in [7, 11) is 1.65. The lowest BCUT2D eigenvalue weighted by Crippen LogP contribution is -2.43. The average Bonchev–Trinajstić information content (AvgIpc) is 3.22. The lowest BCUT2D eigenvalue weighted by atomic mass is 9.91. The second-order valence-corrected chi connectivity index (χ2v) is 7.82. The molecule has 0 saturated heterocycles. The summed E-state index contributed by atoms with van der Waals surface area (Å²) < 4.78 is 7.19. The van der Waals surface area contributed by atoms with Crippen molar-refractivity contribution < 1.29 is 9.53 Å². The molecule has 1 aromatic heterocycles. The number of rotatable bonds is 5. The number of nitrogens with zero attached hydrogens (tertiary/aromatic N) is 4. The summed E-state index contributed by atoms with van der Waals surface area (Å²) in [5.74, 6) is 1.74. The van der Waals surface area contributed by atoms with Crippen molar-refractivity contribution in [2.24, 2.45) is 5.92 Å². The molecule has 0 spiro atoms. The van der Waals surface area contributed by atoms with Crippen LogP contribution < -0.4 is 9.64 Å². The number of hydrogen-bond acceptors (Lipinski definition) is 4. The normalized spacial score (nSPS) is 18.6. The lowest BCUT2D eigenvalue weighted by molar-refractivity contribution is -0.120. The zero-order valence-corrected chi connectivity index (χ0v) is 17.0. The molecule has 1 aliphatic rings. The van der Waals surface area contributed by atoms with Crippen LogP contribution in [-0.4, -0.2) is 27.8 Å². The smallest absolute Gasteiger partial charge is 0.231 e. The summed E-state index contributed by atoms with van der Waals surface area (Å²) in [5, 5.41) is 4.47. The molecule has 1 aliphatic heterocycles. The summed E-state index contributed by atoms with van der Waals surface area (Å²) in [6.45, 7) is 4.11. The standard InChI is InChI=1S/C23H26N4O2/c1-16(2)13-22(28)26-20(18-9-11-19(29-3)12-10-18)14-21(17-7-5-4-6-8-17)27-23(26)24-15-25-27/h4-12,15-16,20-21H,13-14H2,1-3H3/t20-,21-/m1/s1. The van der Waals surface area contributed by atoms with Crippen molar-refractivity contribution in [1.82, 2.24) is 14.8 Å². The number of amides is 1. The van der Waals surface area contributed by atoms with Gasteiger partial charge in [-0.15, -0.1) is 0 Å². The molecule has 2 atom stereocenters. The van der Waals surface area contributed by atoms with Crippen LogP contribution in [0.25, 0.3) is 0 Å². The van der Waals surface area contributed by atoms with Crippen molar-refractivity contribution >= 4 is 11.9 Å². The predicted octanol–water partition coefficient (Wildman–Crippen LogP) is 4.40. The van der Waals surface area contributed by atoms with Crippen LogP contribution in [-0.2, 0) is 4.79 Å². The number of fused-ring (bicyclic) bond motifs is 1. The van der Waals surface area contributed by atoms with Crippen LogP contribution in [0.4, 0.5) is 5.95 Å². The molecular weight excluding hydrogens is 364 g/mol. The number of benzene rings is 2. The first kappa shape index (κ1) is 19.2. The Kier molecular flexibility index (Phi) is 5.34. The summed E-state index contributed by atoms with van der Waals surface area (Å²) in [5.41, 5.74) is 2.23. The van der Waals surface area contributed by atoms with Crippen LogP contribution in [0, 0.1) is 5.92 Å². The van der Waals surface area contributed by atoms with Crippen LogP contribution in [0.1, 0.15) is 49.9 Å². The Labute approximate surface area is 171 Å². The molecule has 150 valence electrons. The van der Waals surface area contributed by atoms with E-state index in [0.717, 1.165) is 23.3 Å². The minimum atomic E-state index is -0.117. The van der Waals surface area contributed by atoms with Crippen molar-refractivity contribution in [3.63, 3.8) is 0 Å². The molecule has 3 aromatic rings. The molecule has 1 amide bonds. The van der Waals surface area contributed by atoms with Crippen molar-refractivity contribution in [2.75, 3.05) is 12.0 Å². The molecule has 0 saturated carbocycles. The maximum atomic E-state index is 13.2. The van der Waals surface area contributed by atoms with Crippen LogP contribution in [0.3, 0.4) is 0 Å². The summed E-state index contributed by atoms with van der Waals surface area (Å²) in [6, 6.07) is 18.1. The van der Waals surface area contributed by atoms with Gasteiger partial charge >= 0.3 is 0 Å². The maximum absolute atomic E-state index is 13.2. The van der Waals surface area contributed by atoms with E-state index in [-0.39, 0.29) is 23.9 Å². The highest BCUT2D eigenvalue weighted by atomic mass is 16.5. The average molecular weight is 390 g/mol. The Morgan fingerprint density at radius 2 is 1.76 bits per heavy atom. The summed E-state index contributed by atoms with van der Waals surface area (Å²) in [4.78, 5) is 19.6. The largest absolute Gasteiger partial charge is 0.497 e. The van der Waals surface area contributed by atoms with Crippen LogP contribution in [0.2, 0.25) is 0 Å². The van der Waals surface area contributed by atoms with Gasteiger partial charge < -0.3 is 4.74 Å². The Balaban J connectivity index is 1.80. The van der Waals surface area contributed by atoms with Gasteiger partial charge in [0.05, 0.1) is 19.2 Å². The van der Waals surface area contributed by atoms with Crippen LogP contribution >= 0.6 is 0 Å². The van der Waals surface area contributed by atoms with Gasteiger partial charge in [0.2, 0.25) is 11.9 Å². The molecule has 6 nitrogen and oxygen atoms in total. The highest BCUT2D eigenvalue weighted by Crippen LogP contribution is 2.42. The van der Waals surface area contributed by atoms with E-state index in [1.54, 1.807) is 7.11 Å². The summed E-state index contributed by atoms with van der Waals surface area (Å²) in [6.07, 6.45) is 2.74. The van der Waals surface area contributed by atoms with Crippen molar-refractivity contribution in [3.05, 3.63) is 72.1 Å². The SMILES string of the molecule is COc1ccc([C@H]2C[C@H](c3ccccc3)n3ncnc3N2C(=O)CC(C)C)cc1. The molecule has 2 aromatic carbocycles. The van der Waals surface area contributed by atoms with Gasteiger partial charge in [0, 0.05) is 6.42 Å². The van der Waals surface area contributed by atoms with Crippen molar-refractivity contribution in [1.29, 1.82) is 0 Å². The van der Waals surface area contributed by atoms with E-state index in [2.05, 4.69) is 36.1 Å². The van der Waals surface area contributed by atoms with E-state index in [0.29, 0.717) is 12.4 Å². The molecule has 0 radical (unpaired) electrons. The van der Waals surface area contributed by atoms with E-state index in [9.17, 15) is 4.79 Å². The predicted molar refractivity (Wildman–Crippen MR) is 112 cm³/mol. The number of aromatic nitrogens is 3. The van der Waals surface area contributed by atoms with E-state index in [1.807, 2.05) is 52.0 Å². The molecule has 0 bridgehead atoms. The molecule has 0 fully saturated rings. The topological polar surface area (TPSA) is 60.2 Å². The minimum Gasteiger partial charge on any atom is -0.497 e. The van der Waals surface area contributed by atoms with E-state index in [4.69, 9.17) is 4.74 Å².